The molecule has 0 radical (unpaired) electrons. The maximum atomic E-state index is 13.1. The highest BCUT2D eigenvalue weighted by molar-refractivity contribution is 7.90. The molecular weight excluding hydrogens is 421 g/mol. The van der Waals surface area contributed by atoms with Crippen molar-refractivity contribution < 1.29 is 18.0 Å². The molecule has 0 bridgehead atoms. The third kappa shape index (κ3) is 4.09. The Kier molecular flexibility index (Phi) is 5.84. The molecule has 0 aliphatic rings. The van der Waals surface area contributed by atoms with Crippen LogP contribution in [0.5, 0.6) is 0 Å². The SMILES string of the molecule is O=C(c1ccc(Cl)cc1)N(C(=O)c1ccc(Cl)cc1)S(=O)(=O)c1ccccc1. The Morgan fingerprint density at radius 2 is 1.04 bits per heavy atom. The van der Waals surface area contributed by atoms with Crippen LogP contribution in [0.2, 0.25) is 10.0 Å². The maximum Gasteiger partial charge on any atom is 0.274 e. The standard InChI is InChI=1S/C20H13Cl2NO4S/c21-16-10-6-14(7-11-16)19(24)23(20(25)15-8-12-17(22)13-9-15)28(26,27)18-4-2-1-3-5-18/h1-13H. The van der Waals surface area contributed by atoms with Crippen LogP contribution in [-0.4, -0.2) is 24.5 Å². The largest absolute Gasteiger partial charge is 0.274 e. The lowest BCUT2D eigenvalue weighted by Gasteiger charge is -2.21. The monoisotopic (exact) mass is 433 g/mol. The number of carbonyl (C=O) groups is 2. The van der Waals surface area contributed by atoms with Crippen LogP contribution < -0.4 is 0 Å². The first-order valence-electron chi connectivity index (χ1n) is 8.01. The van der Waals surface area contributed by atoms with Gasteiger partial charge in [0.15, 0.2) is 0 Å². The molecule has 0 unspecified atom stereocenters. The van der Waals surface area contributed by atoms with Crippen molar-refractivity contribution in [1.29, 1.82) is 0 Å². The smallest absolute Gasteiger partial charge is 0.267 e. The summed E-state index contributed by atoms with van der Waals surface area (Å²) in [6, 6.07) is 18.4. The third-order valence-electron chi connectivity index (χ3n) is 3.83. The summed E-state index contributed by atoms with van der Waals surface area (Å²) in [5.74, 6) is -1.97. The first kappa shape index (κ1) is 20.1. The summed E-state index contributed by atoms with van der Waals surface area (Å²) >= 11 is 11.7. The first-order chi connectivity index (χ1) is 13.3. The second-order valence-electron chi connectivity index (χ2n) is 5.71. The number of benzene rings is 3. The molecule has 0 atom stereocenters. The highest BCUT2D eigenvalue weighted by Gasteiger charge is 2.36. The fourth-order valence-electron chi connectivity index (χ4n) is 2.43. The van der Waals surface area contributed by atoms with E-state index in [9.17, 15) is 18.0 Å². The van der Waals surface area contributed by atoms with Gasteiger partial charge in [-0.05, 0) is 60.7 Å². The van der Waals surface area contributed by atoms with Crippen LogP contribution in [-0.2, 0) is 10.0 Å². The zero-order valence-electron chi connectivity index (χ0n) is 14.2. The number of halogens is 2. The van der Waals surface area contributed by atoms with Gasteiger partial charge in [0.25, 0.3) is 21.8 Å². The molecule has 0 aliphatic heterocycles. The van der Waals surface area contributed by atoms with Gasteiger partial charge in [0.05, 0.1) is 4.90 Å². The van der Waals surface area contributed by atoms with Crippen LogP contribution in [0.1, 0.15) is 20.7 Å². The fraction of sp³-hybridized carbons (Fsp3) is 0. The van der Waals surface area contributed by atoms with Crippen molar-refractivity contribution in [2.45, 2.75) is 4.90 Å². The van der Waals surface area contributed by atoms with Gasteiger partial charge in [-0.3, -0.25) is 9.59 Å². The maximum absolute atomic E-state index is 13.1. The Balaban J connectivity index is 2.13. The summed E-state index contributed by atoms with van der Waals surface area (Å²) in [4.78, 5) is 25.8. The number of hydrogen-bond acceptors (Lipinski definition) is 4. The van der Waals surface area contributed by atoms with Gasteiger partial charge in [0.1, 0.15) is 0 Å². The summed E-state index contributed by atoms with van der Waals surface area (Å²) in [6.07, 6.45) is 0. The number of rotatable bonds is 4. The molecule has 3 aromatic rings. The summed E-state index contributed by atoms with van der Waals surface area (Å²) < 4.78 is 26.5. The van der Waals surface area contributed by atoms with Crippen LogP contribution in [0.15, 0.2) is 83.8 Å². The molecule has 142 valence electrons. The van der Waals surface area contributed by atoms with Gasteiger partial charge in [0.2, 0.25) is 0 Å². The minimum absolute atomic E-state index is 0.00576. The quantitative estimate of drug-likeness (QED) is 0.560. The first-order valence-corrected chi connectivity index (χ1v) is 10.2. The molecule has 3 aromatic carbocycles. The highest BCUT2D eigenvalue weighted by Crippen LogP contribution is 2.23. The number of nitrogens with zero attached hydrogens (tertiary/aromatic N) is 1. The highest BCUT2D eigenvalue weighted by atomic mass is 35.5. The van der Waals surface area contributed by atoms with Gasteiger partial charge in [0, 0.05) is 21.2 Å². The number of sulfonamides is 1. The van der Waals surface area contributed by atoms with Crippen LogP contribution in [0, 0.1) is 0 Å². The van der Waals surface area contributed by atoms with Crippen LogP contribution in [0.4, 0.5) is 0 Å². The Hall–Kier alpha value is -2.67. The summed E-state index contributed by atoms with van der Waals surface area (Å²) in [5.41, 5.74) is 0.0115. The summed E-state index contributed by atoms with van der Waals surface area (Å²) in [5, 5.41) is 0.746. The molecule has 8 heteroatoms. The topological polar surface area (TPSA) is 71.5 Å². The molecule has 0 N–H and O–H groups in total. The molecule has 0 heterocycles. The summed E-state index contributed by atoms with van der Waals surface area (Å²) in [7, 11) is -4.45. The van der Waals surface area contributed by atoms with E-state index in [1.807, 2.05) is 0 Å². The van der Waals surface area contributed by atoms with Crippen molar-refractivity contribution in [1.82, 2.24) is 4.31 Å². The van der Waals surface area contributed by atoms with Crippen molar-refractivity contribution in [3.05, 3.63) is 100 Å². The van der Waals surface area contributed by atoms with Crippen LogP contribution >= 0.6 is 23.2 Å². The lowest BCUT2D eigenvalue weighted by atomic mass is 10.2. The van der Waals surface area contributed by atoms with Crippen LogP contribution in [0.25, 0.3) is 0 Å². The van der Waals surface area contributed by atoms with E-state index in [-0.39, 0.29) is 20.3 Å². The Morgan fingerprint density at radius 1 is 0.643 bits per heavy atom. The van der Waals surface area contributed by atoms with E-state index in [1.54, 1.807) is 6.07 Å². The van der Waals surface area contributed by atoms with E-state index in [4.69, 9.17) is 23.2 Å². The molecule has 0 spiro atoms. The molecule has 0 saturated heterocycles. The Bertz CT molecular complexity index is 1060. The summed E-state index contributed by atoms with van der Waals surface area (Å²) in [6.45, 7) is 0. The predicted molar refractivity (Wildman–Crippen MR) is 107 cm³/mol. The lowest BCUT2D eigenvalue weighted by Crippen LogP contribution is -2.41. The third-order valence-corrected chi connectivity index (χ3v) is 6.02. The van der Waals surface area contributed by atoms with Gasteiger partial charge in [-0.15, -0.1) is 0 Å². The lowest BCUT2D eigenvalue weighted by molar-refractivity contribution is 0.0731. The molecule has 0 fully saturated rings. The molecule has 5 nitrogen and oxygen atoms in total. The van der Waals surface area contributed by atoms with Gasteiger partial charge in [-0.25, -0.2) is 8.42 Å². The predicted octanol–water partition coefficient (Wildman–Crippen LogP) is 4.66. The Morgan fingerprint density at radius 3 is 1.43 bits per heavy atom. The minimum atomic E-state index is -4.45. The van der Waals surface area contributed by atoms with Gasteiger partial charge in [-0.2, -0.15) is 4.31 Å². The molecule has 28 heavy (non-hydrogen) atoms. The van der Waals surface area contributed by atoms with Gasteiger partial charge >= 0.3 is 0 Å². The van der Waals surface area contributed by atoms with E-state index in [2.05, 4.69) is 0 Å². The van der Waals surface area contributed by atoms with Crippen molar-refractivity contribution in [3.63, 3.8) is 0 Å². The molecular formula is C20H13Cl2NO4S. The average molecular weight is 434 g/mol. The zero-order valence-corrected chi connectivity index (χ0v) is 16.6. The van der Waals surface area contributed by atoms with E-state index >= 15 is 0 Å². The number of hydrogen-bond donors (Lipinski definition) is 0. The van der Waals surface area contributed by atoms with Crippen molar-refractivity contribution in [2.75, 3.05) is 0 Å². The number of imide groups is 1. The fourth-order valence-corrected chi connectivity index (χ4v) is 4.04. The van der Waals surface area contributed by atoms with Crippen LogP contribution in [0.3, 0.4) is 0 Å². The average Bonchev–Trinajstić information content (AvgIpc) is 2.69. The second-order valence-corrected chi connectivity index (χ2v) is 8.37. The zero-order chi connectivity index (χ0) is 20.3. The number of carbonyl (C=O) groups excluding carboxylic acids is 2. The molecule has 0 saturated carbocycles. The van der Waals surface area contributed by atoms with E-state index in [0.29, 0.717) is 10.0 Å². The van der Waals surface area contributed by atoms with Crippen molar-refractivity contribution in [3.8, 4) is 0 Å². The number of amides is 2. The second kappa shape index (κ2) is 8.14. The van der Waals surface area contributed by atoms with Crippen molar-refractivity contribution in [2.24, 2.45) is 0 Å². The molecule has 2 amide bonds. The normalized spacial score (nSPS) is 11.1. The molecule has 0 aromatic heterocycles. The molecule has 0 aliphatic carbocycles. The molecule has 3 rings (SSSR count). The minimum Gasteiger partial charge on any atom is -0.267 e. The van der Waals surface area contributed by atoms with E-state index in [1.165, 1.54) is 72.8 Å². The Labute approximate surface area is 172 Å². The van der Waals surface area contributed by atoms with E-state index in [0.717, 1.165) is 0 Å². The van der Waals surface area contributed by atoms with Gasteiger partial charge < -0.3 is 0 Å². The van der Waals surface area contributed by atoms with E-state index < -0.39 is 21.8 Å². The van der Waals surface area contributed by atoms with Crippen molar-refractivity contribution >= 4 is 45.0 Å². The van der Waals surface area contributed by atoms with Gasteiger partial charge in [-0.1, -0.05) is 41.4 Å².